The molecular weight excluding hydrogens is 215 g/mol. The number of anilines is 1. The van der Waals surface area contributed by atoms with Crippen molar-refractivity contribution in [1.29, 1.82) is 0 Å². The van der Waals surface area contributed by atoms with Crippen LogP contribution in [0.15, 0.2) is 24.3 Å². The number of hydrogen-bond acceptors (Lipinski definition) is 2. The predicted octanol–water partition coefficient (Wildman–Crippen LogP) is 2.65. The number of para-hydroxylation sites is 1. The minimum Gasteiger partial charge on any atom is -0.372 e. The highest BCUT2D eigenvalue weighted by Gasteiger charge is 2.20. The summed E-state index contributed by atoms with van der Waals surface area (Å²) in [5, 5.41) is 3.44. The van der Waals surface area contributed by atoms with Crippen LogP contribution in [-0.2, 0) is 0 Å². The van der Waals surface area contributed by atoms with Gasteiger partial charge in [0.2, 0.25) is 0 Å². The third-order valence-electron chi connectivity index (χ3n) is 3.53. The minimum absolute atomic E-state index is 0.128. The van der Waals surface area contributed by atoms with Crippen LogP contribution in [0.5, 0.6) is 0 Å². The highest BCUT2D eigenvalue weighted by molar-refractivity contribution is 5.46. The summed E-state index contributed by atoms with van der Waals surface area (Å²) in [5.41, 5.74) is 0.707. The Labute approximate surface area is 103 Å². The minimum atomic E-state index is -0.128. The highest BCUT2D eigenvalue weighted by atomic mass is 19.1. The average molecular weight is 236 g/mol. The van der Waals surface area contributed by atoms with E-state index in [2.05, 4.69) is 12.2 Å². The van der Waals surface area contributed by atoms with Crippen molar-refractivity contribution in [3.8, 4) is 0 Å². The fraction of sp³-hybridized carbons (Fsp3) is 0.571. The van der Waals surface area contributed by atoms with E-state index in [-0.39, 0.29) is 5.82 Å². The number of nitrogens with zero attached hydrogens (tertiary/aromatic N) is 1. The molecule has 0 bridgehead atoms. The van der Waals surface area contributed by atoms with Crippen molar-refractivity contribution in [2.75, 3.05) is 25.0 Å². The van der Waals surface area contributed by atoms with Gasteiger partial charge in [-0.05, 0) is 44.4 Å². The van der Waals surface area contributed by atoms with Gasteiger partial charge in [0.1, 0.15) is 5.82 Å². The maximum absolute atomic E-state index is 13.6. The number of nitrogens with one attached hydrogen (secondary N) is 1. The van der Waals surface area contributed by atoms with Gasteiger partial charge in [0.05, 0.1) is 5.69 Å². The molecule has 0 amide bonds. The van der Waals surface area contributed by atoms with E-state index >= 15 is 0 Å². The summed E-state index contributed by atoms with van der Waals surface area (Å²) in [6.07, 6.45) is 2.36. The molecule has 2 nitrogen and oxygen atoms in total. The van der Waals surface area contributed by atoms with E-state index in [0.717, 1.165) is 13.1 Å². The number of halogens is 1. The zero-order chi connectivity index (χ0) is 12.3. The second-order valence-electron chi connectivity index (χ2n) is 5.08. The number of hydrogen-bond donors (Lipinski definition) is 1. The number of piperidine rings is 1. The first-order chi connectivity index (χ1) is 8.16. The lowest BCUT2D eigenvalue weighted by atomic mass is 9.93. The van der Waals surface area contributed by atoms with Crippen LogP contribution >= 0.6 is 0 Å². The first-order valence-corrected chi connectivity index (χ1v) is 6.36. The zero-order valence-corrected chi connectivity index (χ0v) is 10.6. The maximum atomic E-state index is 13.6. The standard InChI is InChI=1S/C14H21FN2/c1-11-9-12(7-8-16-11)10-17(2)14-6-4-3-5-13(14)15/h3-6,11-12,16H,7-10H2,1-2H3. The summed E-state index contributed by atoms with van der Waals surface area (Å²) in [5.74, 6) is 0.535. The lowest BCUT2D eigenvalue weighted by Gasteiger charge is -2.32. The van der Waals surface area contributed by atoms with Crippen LogP contribution in [0, 0.1) is 11.7 Å². The molecule has 1 aromatic rings. The van der Waals surface area contributed by atoms with Crippen molar-refractivity contribution in [2.45, 2.75) is 25.8 Å². The third-order valence-corrected chi connectivity index (χ3v) is 3.53. The molecule has 0 radical (unpaired) electrons. The van der Waals surface area contributed by atoms with E-state index in [1.807, 2.05) is 24.1 Å². The van der Waals surface area contributed by atoms with Gasteiger partial charge in [-0.25, -0.2) is 4.39 Å². The Morgan fingerprint density at radius 1 is 1.41 bits per heavy atom. The molecule has 2 unspecified atom stereocenters. The van der Waals surface area contributed by atoms with Crippen molar-refractivity contribution < 1.29 is 4.39 Å². The third kappa shape index (κ3) is 3.19. The molecule has 2 atom stereocenters. The van der Waals surface area contributed by atoms with E-state index in [0.29, 0.717) is 17.6 Å². The fourth-order valence-electron chi connectivity index (χ4n) is 2.65. The molecule has 2 rings (SSSR count). The van der Waals surface area contributed by atoms with Crippen LogP contribution in [-0.4, -0.2) is 26.2 Å². The lowest BCUT2D eigenvalue weighted by molar-refractivity contribution is 0.318. The summed E-state index contributed by atoms with van der Waals surface area (Å²) in [6, 6.07) is 7.58. The van der Waals surface area contributed by atoms with Gasteiger partial charge in [-0.15, -0.1) is 0 Å². The van der Waals surface area contributed by atoms with Gasteiger partial charge in [-0.1, -0.05) is 12.1 Å². The van der Waals surface area contributed by atoms with E-state index in [4.69, 9.17) is 0 Å². The Bertz CT molecular complexity index is 367. The largest absolute Gasteiger partial charge is 0.372 e. The molecule has 1 heterocycles. The van der Waals surface area contributed by atoms with Crippen LogP contribution < -0.4 is 10.2 Å². The number of rotatable bonds is 3. The molecule has 3 heteroatoms. The van der Waals surface area contributed by atoms with Crippen LogP contribution in [0.25, 0.3) is 0 Å². The Hall–Kier alpha value is -1.09. The molecule has 94 valence electrons. The van der Waals surface area contributed by atoms with Crippen molar-refractivity contribution in [1.82, 2.24) is 5.32 Å². The summed E-state index contributed by atoms with van der Waals surface area (Å²) >= 11 is 0. The fourth-order valence-corrected chi connectivity index (χ4v) is 2.65. The maximum Gasteiger partial charge on any atom is 0.146 e. The molecule has 1 aromatic carbocycles. The Balaban J connectivity index is 1.97. The molecule has 0 saturated carbocycles. The predicted molar refractivity (Wildman–Crippen MR) is 69.9 cm³/mol. The Morgan fingerprint density at radius 2 is 2.18 bits per heavy atom. The topological polar surface area (TPSA) is 15.3 Å². The van der Waals surface area contributed by atoms with Crippen molar-refractivity contribution in [2.24, 2.45) is 5.92 Å². The van der Waals surface area contributed by atoms with Gasteiger partial charge in [0.15, 0.2) is 0 Å². The summed E-state index contributed by atoms with van der Waals surface area (Å²) in [7, 11) is 1.98. The first kappa shape index (κ1) is 12.4. The van der Waals surface area contributed by atoms with Crippen molar-refractivity contribution in [3.05, 3.63) is 30.1 Å². The van der Waals surface area contributed by atoms with Gasteiger partial charge in [0.25, 0.3) is 0 Å². The van der Waals surface area contributed by atoms with Gasteiger partial charge >= 0.3 is 0 Å². The van der Waals surface area contributed by atoms with Crippen LogP contribution in [0.4, 0.5) is 10.1 Å². The molecule has 0 spiro atoms. The van der Waals surface area contributed by atoms with E-state index in [9.17, 15) is 4.39 Å². The summed E-state index contributed by atoms with van der Waals surface area (Å²) in [6.45, 7) is 4.24. The summed E-state index contributed by atoms with van der Waals surface area (Å²) < 4.78 is 13.6. The van der Waals surface area contributed by atoms with Crippen LogP contribution in [0.1, 0.15) is 19.8 Å². The molecular formula is C14H21FN2. The van der Waals surface area contributed by atoms with Gasteiger partial charge in [0, 0.05) is 19.6 Å². The normalized spacial score (nSPS) is 24.6. The SMILES string of the molecule is CC1CC(CN(C)c2ccccc2F)CCN1. The Morgan fingerprint density at radius 3 is 2.88 bits per heavy atom. The van der Waals surface area contributed by atoms with Gasteiger partial charge in [-0.3, -0.25) is 0 Å². The molecule has 1 fully saturated rings. The monoisotopic (exact) mass is 236 g/mol. The quantitative estimate of drug-likeness (QED) is 0.868. The van der Waals surface area contributed by atoms with Crippen LogP contribution in [0.2, 0.25) is 0 Å². The average Bonchev–Trinajstić information content (AvgIpc) is 2.29. The highest BCUT2D eigenvalue weighted by Crippen LogP contribution is 2.22. The Kier molecular flexibility index (Phi) is 4.00. The second kappa shape index (κ2) is 5.50. The smallest absolute Gasteiger partial charge is 0.146 e. The summed E-state index contributed by atoms with van der Waals surface area (Å²) in [4.78, 5) is 2.04. The zero-order valence-electron chi connectivity index (χ0n) is 10.6. The lowest BCUT2D eigenvalue weighted by Crippen LogP contribution is -2.39. The molecule has 1 saturated heterocycles. The van der Waals surface area contributed by atoms with Crippen molar-refractivity contribution >= 4 is 5.69 Å². The molecule has 1 N–H and O–H groups in total. The molecule has 17 heavy (non-hydrogen) atoms. The van der Waals surface area contributed by atoms with Gasteiger partial charge < -0.3 is 10.2 Å². The van der Waals surface area contributed by atoms with E-state index in [1.165, 1.54) is 18.9 Å². The number of benzene rings is 1. The van der Waals surface area contributed by atoms with Crippen molar-refractivity contribution in [3.63, 3.8) is 0 Å². The molecule has 1 aliphatic heterocycles. The van der Waals surface area contributed by atoms with Gasteiger partial charge in [-0.2, -0.15) is 0 Å². The molecule has 1 aliphatic rings. The second-order valence-corrected chi connectivity index (χ2v) is 5.08. The first-order valence-electron chi connectivity index (χ1n) is 6.36. The van der Waals surface area contributed by atoms with Crippen LogP contribution in [0.3, 0.4) is 0 Å². The molecule has 0 aromatic heterocycles. The van der Waals surface area contributed by atoms with E-state index in [1.54, 1.807) is 6.07 Å². The molecule has 0 aliphatic carbocycles. The van der Waals surface area contributed by atoms with E-state index < -0.39 is 0 Å².